The van der Waals surface area contributed by atoms with Crippen LogP contribution >= 0.6 is 0 Å². The summed E-state index contributed by atoms with van der Waals surface area (Å²) in [5.74, 6) is 0. The van der Waals surface area contributed by atoms with Crippen LogP contribution in [0.3, 0.4) is 0 Å². The number of dihydropyridines is 1. The highest BCUT2D eigenvalue weighted by molar-refractivity contribution is 5.95. The number of ether oxygens (including phenoxy) is 1. The summed E-state index contributed by atoms with van der Waals surface area (Å²) in [5, 5.41) is 13.7. The number of anilines is 1. The van der Waals surface area contributed by atoms with E-state index in [2.05, 4.69) is 62.3 Å². The first-order valence-electron chi connectivity index (χ1n) is 11.5. The van der Waals surface area contributed by atoms with E-state index in [4.69, 9.17) is 4.74 Å². The van der Waals surface area contributed by atoms with Crippen LogP contribution in [0.2, 0.25) is 0 Å². The average Bonchev–Trinajstić information content (AvgIpc) is 2.84. The van der Waals surface area contributed by atoms with Crippen LogP contribution in [-0.4, -0.2) is 79.3 Å². The standard InChI is InChI=1S/C25H30N6O/c1-19-16-31(24-5-4-20(15-26)25-23(24)3-2-8-28-25)18-22(32-19)17-29-11-13-30(14-12-29)21-6-9-27-10-7-21/h2-9,19,22,27H,10-14,16-18H2,1H3/t19-,22+/m1/s1. The summed E-state index contributed by atoms with van der Waals surface area (Å²) in [6, 6.07) is 10.2. The molecule has 0 amide bonds. The molecule has 1 aromatic heterocycles. The second-order valence-corrected chi connectivity index (χ2v) is 8.78. The van der Waals surface area contributed by atoms with Gasteiger partial charge in [0.1, 0.15) is 6.07 Å². The van der Waals surface area contributed by atoms with E-state index in [0.29, 0.717) is 5.56 Å². The number of nitrogens with zero attached hydrogens (tertiary/aromatic N) is 5. The maximum Gasteiger partial charge on any atom is 0.101 e. The highest BCUT2D eigenvalue weighted by Gasteiger charge is 2.29. The van der Waals surface area contributed by atoms with E-state index in [1.807, 2.05) is 18.3 Å². The largest absolute Gasteiger partial charge is 0.387 e. The van der Waals surface area contributed by atoms with Gasteiger partial charge in [-0.2, -0.15) is 5.26 Å². The molecule has 2 fully saturated rings. The molecular weight excluding hydrogens is 400 g/mol. The van der Waals surface area contributed by atoms with Crippen LogP contribution in [0, 0.1) is 11.3 Å². The topological polar surface area (TPSA) is 67.7 Å². The molecule has 5 rings (SSSR count). The van der Waals surface area contributed by atoms with Crippen LogP contribution in [0.25, 0.3) is 10.9 Å². The van der Waals surface area contributed by atoms with Gasteiger partial charge in [-0.25, -0.2) is 0 Å². The summed E-state index contributed by atoms with van der Waals surface area (Å²) in [6.45, 7) is 9.90. The number of allylic oxidation sites excluding steroid dienone is 1. The number of benzene rings is 1. The monoisotopic (exact) mass is 430 g/mol. The summed E-state index contributed by atoms with van der Waals surface area (Å²) in [6.07, 6.45) is 8.53. The van der Waals surface area contributed by atoms with Gasteiger partial charge in [0.25, 0.3) is 0 Å². The highest BCUT2D eigenvalue weighted by atomic mass is 16.5. The predicted octanol–water partition coefficient (Wildman–Crippen LogP) is 2.32. The first kappa shape index (κ1) is 20.8. The first-order chi connectivity index (χ1) is 15.7. The van der Waals surface area contributed by atoms with Crippen LogP contribution in [0.15, 0.2) is 54.5 Å². The molecule has 2 saturated heterocycles. The Morgan fingerprint density at radius 3 is 2.81 bits per heavy atom. The summed E-state index contributed by atoms with van der Waals surface area (Å²) in [5.41, 5.74) is 3.87. The number of fused-ring (bicyclic) bond motifs is 1. The lowest BCUT2D eigenvalue weighted by atomic mass is 10.1. The molecule has 0 saturated carbocycles. The van der Waals surface area contributed by atoms with E-state index in [9.17, 15) is 5.26 Å². The number of pyridine rings is 1. The molecule has 0 aliphatic carbocycles. The molecule has 1 aromatic carbocycles. The Morgan fingerprint density at radius 2 is 2.03 bits per heavy atom. The fourth-order valence-corrected chi connectivity index (χ4v) is 5.02. The Bertz CT molecular complexity index is 1070. The maximum atomic E-state index is 9.46. The summed E-state index contributed by atoms with van der Waals surface area (Å²) in [4.78, 5) is 11.9. The van der Waals surface area contributed by atoms with Gasteiger partial charge >= 0.3 is 0 Å². The lowest BCUT2D eigenvalue weighted by molar-refractivity contribution is -0.0365. The highest BCUT2D eigenvalue weighted by Crippen LogP contribution is 2.30. The number of nitriles is 1. The number of aromatic nitrogens is 1. The first-order valence-corrected chi connectivity index (χ1v) is 11.5. The van der Waals surface area contributed by atoms with E-state index in [-0.39, 0.29) is 12.2 Å². The van der Waals surface area contributed by atoms with Crippen molar-refractivity contribution in [1.29, 1.82) is 5.26 Å². The second-order valence-electron chi connectivity index (χ2n) is 8.78. The van der Waals surface area contributed by atoms with E-state index >= 15 is 0 Å². The van der Waals surface area contributed by atoms with Crippen molar-refractivity contribution >= 4 is 16.6 Å². The molecule has 4 heterocycles. The lowest BCUT2D eigenvalue weighted by Gasteiger charge is -2.42. The van der Waals surface area contributed by atoms with Crippen molar-refractivity contribution in [2.75, 3.05) is 57.3 Å². The lowest BCUT2D eigenvalue weighted by Crippen LogP contribution is -2.54. The third kappa shape index (κ3) is 4.29. The summed E-state index contributed by atoms with van der Waals surface area (Å²) in [7, 11) is 0. The average molecular weight is 431 g/mol. The van der Waals surface area contributed by atoms with Crippen molar-refractivity contribution in [2.45, 2.75) is 19.1 Å². The van der Waals surface area contributed by atoms with Gasteiger partial charge in [0.2, 0.25) is 0 Å². The SMILES string of the molecule is C[C@@H]1CN(c2ccc(C#N)c3ncccc23)C[C@H](CN2CCN(C3=CCNC=C3)CC2)O1. The quantitative estimate of drug-likeness (QED) is 0.798. The van der Waals surface area contributed by atoms with E-state index in [1.54, 1.807) is 6.20 Å². The minimum absolute atomic E-state index is 0.155. The van der Waals surface area contributed by atoms with Crippen molar-refractivity contribution in [1.82, 2.24) is 20.1 Å². The van der Waals surface area contributed by atoms with Gasteiger partial charge < -0.3 is 19.9 Å². The molecule has 3 aliphatic heterocycles. The van der Waals surface area contributed by atoms with Crippen molar-refractivity contribution in [3.8, 4) is 6.07 Å². The molecule has 0 radical (unpaired) electrons. The molecule has 3 aliphatic rings. The Kier molecular flexibility index (Phi) is 5.97. The van der Waals surface area contributed by atoms with Crippen molar-refractivity contribution in [2.24, 2.45) is 0 Å². The zero-order valence-electron chi connectivity index (χ0n) is 18.6. The number of piperazine rings is 1. The second kappa shape index (κ2) is 9.19. The molecule has 0 spiro atoms. The molecule has 0 unspecified atom stereocenters. The van der Waals surface area contributed by atoms with E-state index in [1.165, 1.54) is 5.70 Å². The number of morpholine rings is 1. The van der Waals surface area contributed by atoms with Gasteiger partial charge in [0.15, 0.2) is 0 Å². The zero-order chi connectivity index (χ0) is 21.9. The molecule has 166 valence electrons. The van der Waals surface area contributed by atoms with Gasteiger partial charge in [-0.3, -0.25) is 9.88 Å². The molecule has 7 nitrogen and oxygen atoms in total. The van der Waals surface area contributed by atoms with Crippen molar-refractivity contribution in [3.05, 3.63) is 60.1 Å². The number of hydrogen-bond donors (Lipinski definition) is 1. The maximum absolute atomic E-state index is 9.46. The van der Waals surface area contributed by atoms with E-state index < -0.39 is 0 Å². The third-order valence-electron chi connectivity index (χ3n) is 6.53. The molecule has 1 N–H and O–H groups in total. The number of rotatable bonds is 4. The van der Waals surface area contributed by atoms with Crippen LogP contribution < -0.4 is 10.2 Å². The molecule has 2 atom stereocenters. The van der Waals surface area contributed by atoms with Crippen molar-refractivity contribution in [3.63, 3.8) is 0 Å². The van der Waals surface area contributed by atoms with Gasteiger partial charge in [0.05, 0.1) is 23.3 Å². The number of hydrogen-bond acceptors (Lipinski definition) is 7. The number of nitrogens with one attached hydrogen (secondary N) is 1. The molecule has 32 heavy (non-hydrogen) atoms. The fraction of sp³-hybridized carbons (Fsp3) is 0.440. The van der Waals surface area contributed by atoms with Crippen LogP contribution in [-0.2, 0) is 4.74 Å². The van der Waals surface area contributed by atoms with Crippen LogP contribution in [0.4, 0.5) is 5.69 Å². The Morgan fingerprint density at radius 1 is 1.16 bits per heavy atom. The summed E-state index contributed by atoms with van der Waals surface area (Å²) >= 11 is 0. The molecule has 2 aromatic rings. The van der Waals surface area contributed by atoms with Crippen molar-refractivity contribution < 1.29 is 4.74 Å². The minimum Gasteiger partial charge on any atom is -0.387 e. The Hall–Kier alpha value is -3.08. The van der Waals surface area contributed by atoms with Gasteiger partial charge in [-0.1, -0.05) is 0 Å². The smallest absolute Gasteiger partial charge is 0.101 e. The van der Waals surface area contributed by atoms with Crippen LogP contribution in [0.1, 0.15) is 12.5 Å². The Labute approximate surface area is 189 Å². The zero-order valence-corrected chi connectivity index (χ0v) is 18.6. The molecular formula is C25H30N6O. The third-order valence-corrected chi connectivity index (χ3v) is 6.53. The molecule has 7 heteroatoms. The normalized spacial score (nSPS) is 24.2. The van der Waals surface area contributed by atoms with Gasteiger partial charge in [0, 0.05) is 75.3 Å². The fourth-order valence-electron chi connectivity index (χ4n) is 5.02. The van der Waals surface area contributed by atoms with Gasteiger partial charge in [-0.05, 0) is 49.5 Å². The van der Waals surface area contributed by atoms with Gasteiger partial charge in [-0.15, -0.1) is 0 Å². The van der Waals surface area contributed by atoms with Crippen LogP contribution in [0.5, 0.6) is 0 Å². The van der Waals surface area contributed by atoms with E-state index in [0.717, 1.165) is 68.9 Å². The summed E-state index contributed by atoms with van der Waals surface area (Å²) < 4.78 is 6.35. The predicted molar refractivity (Wildman–Crippen MR) is 126 cm³/mol. The molecule has 0 bridgehead atoms. The Balaban J connectivity index is 1.26. The minimum atomic E-state index is 0.155.